The normalized spacial score (nSPS) is 14.2. The predicted molar refractivity (Wildman–Crippen MR) is 194 cm³/mol. The first-order chi connectivity index (χ1) is 20.1. The molecule has 2 heteroatoms. The average Bonchev–Trinajstić information content (AvgIpc) is 2.99. The number of aryl methyl sites for hydroxylation is 4. The minimum atomic E-state index is 0.180. The molecule has 0 fully saturated rings. The lowest BCUT2D eigenvalue weighted by molar-refractivity contribution is 0.394. The number of benzene rings is 2. The highest BCUT2D eigenvalue weighted by Crippen LogP contribution is 2.39. The van der Waals surface area contributed by atoms with Gasteiger partial charge in [0.25, 0.3) is 0 Å². The van der Waals surface area contributed by atoms with Gasteiger partial charge in [-0.15, -0.1) is 0 Å². The Labute approximate surface area is 262 Å². The van der Waals surface area contributed by atoms with Gasteiger partial charge in [0.2, 0.25) is 0 Å². The Balaban J connectivity index is 0. The summed E-state index contributed by atoms with van der Waals surface area (Å²) >= 11 is 0. The van der Waals surface area contributed by atoms with Crippen molar-refractivity contribution in [3.05, 3.63) is 112 Å². The van der Waals surface area contributed by atoms with E-state index in [1.807, 2.05) is 41.5 Å². The monoisotopic (exact) mass is 575 g/mol. The molecule has 0 bridgehead atoms. The fraction of sp³-hybridized carbons (Fsp3) is 0.500. The lowest BCUT2D eigenvalue weighted by Crippen LogP contribution is -2.28. The number of likely N-dealkylation sites (N-methyl/N-ethyl adjacent to an activating group) is 1. The Morgan fingerprint density at radius 2 is 1.36 bits per heavy atom. The van der Waals surface area contributed by atoms with Crippen molar-refractivity contribution in [3.63, 3.8) is 0 Å². The first-order valence-corrected chi connectivity index (χ1v) is 16.5. The highest BCUT2D eigenvalue weighted by Gasteiger charge is 2.26. The molecule has 42 heavy (non-hydrogen) atoms. The molecular weight excluding hydrogens is 508 g/mol. The maximum Gasteiger partial charge on any atom is 0.0794 e. The van der Waals surface area contributed by atoms with Gasteiger partial charge in [0.1, 0.15) is 0 Å². The molecule has 1 atom stereocenters. The van der Waals surface area contributed by atoms with E-state index >= 15 is 0 Å². The number of nitrogens with zero attached hydrogens (tertiary/aromatic N) is 1. The number of nitrogens with one attached hydrogen (secondary N) is 1. The Morgan fingerprint density at radius 3 is 1.83 bits per heavy atom. The summed E-state index contributed by atoms with van der Waals surface area (Å²) in [5.41, 5.74) is 11.7. The largest absolute Gasteiger partial charge is 0.380 e. The SMILES string of the molecule is C/C=C(\C=C/C(C)C)CNC1=CN(C)C(c2ccc(C)c(C)c2)C(c2ccc(C)c(C)c2)=C1.CC.CC.CC.CCC. The van der Waals surface area contributed by atoms with Gasteiger partial charge in [-0.1, -0.05) is 130 Å². The molecule has 0 aromatic heterocycles. The molecule has 1 heterocycles. The van der Waals surface area contributed by atoms with Crippen LogP contribution >= 0.6 is 0 Å². The molecule has 0 saturated carbocycles. The summed E-state index contributed by atoms with van der Waals surface area (Å²) in [7, 11) is 2.19. The van der Waals surface area contributed by atoms with Crippen LogP contribution in [-0.2, 0) is 0 Å². The van der Waals surface area contributed by atoms with E-state index in [4.69, 9.17) is 0 Å². The molecule has 0 aliphatic carbocycles. The minimum absolute atomic E-state index is 0.180. The molecule has 1 unspecified atom stereocenters. The van der Waals surface area contributed by atoms with Gasteiger partial charge in [-0.05, 0) is 91.1 Å². The van der Waals surface area contributed by atoms with Gasteiger partial charge >= 0.3 is 0 Å². The quantitative estimate of drug-likeness (QED) is 0.331. The second-order valence-electron chi connectivity index (χ2n) is 10.4. The third kappa shape index (κ3) is 13.8. The summed E-state index contributed by atoms with van der Waals surface area (Å²) in [6, 6.07) is 13.9. The van der Waals surface area contributed by atoms with Crippen LogP contribution in [0.25, 0.3) is 5.57 Å². The Bertz CT molecular complexity index is 1130. The molecule has 2 aromatic rings. The fourth-order valence-corrected chi connectivity index (χ4v) is 4.18. The van der Waals surface area contributed by atoms with Gasteiger partial charge in [-0.3, -0.25) is 0 Å². The van der Waals surface area contributed by atoms with Gasteiger partial charge in [0, 0.05) is 19.8 Å². The Hall–Kier alpha value is -3.00. The first-order valence-electron chi connectivity index (χ1n) is 16.5. The molecule has 0 spiro atoms. The highest BCUT2D eigenvalue weighted by molar-refractivity contribution is 5.75. The molecule has 2 nitrogen and oxygen atoms in total. The second-order valence-corrected chi connectivity index (χ2v) is 10.4. The topological polar surface area (TPSA) is 15.3 Å². The van der Waals surface area contributed by atoms with Crippen molar-refractivity contribution in [1.29, 1.82) is 0 Å². The van der Waals surface area contributed by atoms with E-state index in [0.29, 0.717) is 5.92 Å². The van der Waals surface area contributed by atoms with Crippen LogP contribution in [0.15, 0.2) is 78.2 Å². The Morgan fingerprint density at radius 1 is 0.833 bits per heavy atom. The molecule has 1 aliphatic rings. The van der Waals surface area contributed by atoms with Crippen molar-refractivity contribution in [2.75, 3.05) is 13.6 Å². The van der Waals surface area contributed by atoms with E-state index in [1.54, 1.807) is 0 Å². The fourth-order valence-electron chi connectivity index (χ4n) is 4.18. The zero-order valence-electron chi connectivity index (χ0n) is 30.4. The van der Waals surface area contributed by atoms with Crippen molar-refractivity contribution in [2.45, 2.75) is 116 Å². The Kier molecular flexibility index (Phi) is 23.1. The van der Waals surface area contributed by atoms with Crippen molar-refractivity contribution in [2.24, 2.45) is 5.92 Å². The summed E-state index contributed by atoms with van der Waals surface area (Å²) in [4.78, 5) is 2.34. The van der Waals surface area contributed by atoms with Gasteiger partial charge in [-0.25, -0.2) is 0 Å². The minimum Gasteiger partial charge on any atom is -0.380 e. The van der Waals surface area contributed by atoms with E-state index in [2.05, 4.69) is 146 Å². The van der Waals surface area contributed by atoms with Gasteiger partial charge in [0.05, 0.1) is 11.7 Å². The molecule has 1 aliphatic heterocycles. The van der Waals surface area contributed by atoms with Crippen LogP contribution in [0.3, 0.4) is 0 Å². The number of allylic oxidation sites excluding steroid dienone is 3. The van der Waals surface area contributed by atoms with Gasteiger partial charge in [0.15, 0.2) is 0 Å². The van der Waals surface area contributed by atoms with Crippen LogP contribution in [0.5, 0.6) is 0 Å². The van der Waals surface area contributed by atoms with E-state index in [-0.39, 0.29) is 6.04 Å². The molecule has 0 amide bonds. The van der Waals surface area contributed by atoms with Crippen LogP contribution in [0, 0.1) is 33.6 Å². The molecule has 0 saturated heterocycles. The van der Waals surface area contributed by atoms with Crippen LogP contribution in [-0.4, -0.2) is 18.5 Å². The number of hydrogen-bond acceptors (Lipinski definition) is 2. The van der Waals surface area contributed by atoms with Gasteiger partial charge in [-0.2, -0.15) is 0 Å². The molecule has 1 N–H and O–H groups in total. The maximum atomic E-state index is 3.67. The maximum absolute atomic E-state index is 3.67. The summed E-state index contributed by atoms with van der Waals surface area (Å²) in [5, 5.41) is 3.67. The molecule has 3 rings (SSSR count). The van der Waals surface area contributed by atoms with Crippen molar-refractivity contribution in [1.82, 2.24) is 10.2 Å². The van der Waals surface area contributed by atoms with Crippen LogP contribution in [0.4, 0.5) is 0 Å². The molecule has 0 radical (unpaired) electrons. The van der Waals surface area contributed by atoms with Crippen LogP contribution in [0.2, 0.25) is 0 Å². The lowest BCUT2D eigenvalue weighted by Gasteiger charge is -2.35. The van der Waals surface area contributed by atoms with Gasteiger partial charge < -0.3 is 10.2 Å². The zero-order valence-corrected chi connectivity index (χ0v) is 30.4. The standard InChI is InChI=1S/C31H40N2.C3H8.3C2H6/c1-9-26(13-10-21(2)3)19-32-29-18-30(27-14-11-22(4)24(6)16-27)31(33(8)20-29)28-15-12-23(5)25(7)17-28;1-3-2;3*1-2/h9-18,20-21,31-32H,19H2,1-8H3;3H2,1-2H3;3*1-2H3/b13-10-,26-9+;;;;. The van der Waals surface area contributed by atoms with Crippen molar-refractivity contribution >= 4 is 5.57 Å². The highest BCUT2D eigenvalue weighted by atomic mass is 15.1. The summed E-state index contributed by atoms with van der Waals surface area (Å²) in [6.07, 6.45) is 12.5. The third-order valence-corrected chi connectivity index (χ3v) is 6.61. The van der Waals surface area contributed by atoms with E-state index in [1.165, 1.54) is 50.9 Å². The van der Waals surface area contributed by atoms with Crippen LogP contribution < -0.4 is 5.32 Å². The summed E-state index contributed by atoms with van der Waals surface area (Å²) in [6.45, 7) is 32.3. The van der Waals surface area contributed by atoms with E-state index < -0.39 is 0 Å². The number of hydrogen-bond donors (Lipinski definition) is 1. The summed E-state index contributed by atoms with van der Waals surface area (Å²) in [5.74, 6) is 0.551. The third-order valence-electron chi connectivity index (χ3n) is 6.61. The van der Waals surface area contributed by atoms with E-state index in [9.17, 15) is 0 Å². The predicted octanol–water partition coefficient (Wildman–Crippen LogP) is 12.1. The zero-order chi connectivity index (χ0) is 32.8. The smallest absolute Gasteiger partial charge is 0.0794 e. The second kappa shape index (κ2) is 23.6. The van der Waals surface area contributed by atoms with Crippen LogP contribution in [0.1, 0.15) is 122 Å². The molecule has 236 valence electrons. The lowest BCUT2D eigenvalue weighted by atomic mass is 9.87. The average molecular weight is 575 g/mol. The number of rotatable bonds is 7. The van der Waals surface area contributed by atoms with Crippen molar-refractivity contribution in [3.8, 4) is 0 Å². The molecule has 2 aromatic carbocycles. The first kappa shape index (κ1) is 41.1. The van der Waals surface area contributed by atoms with Crippen molar-refractivity contribution < 1.29 is 0 Å². The molecular formula is C40H66N2. The van der Waals surface area contributed by atoms with E-state index in [0.717, 1.165) is 12.2 Å². The summed E-state index contributed by atoms with van der Waals surface area (Å²) < 4.78 is 0.